The number of hydrogen-bond acceptors (Lipinski definition) is 4. The molecule has 27 heavy (non-hydrogen) atoms. The van der Waals surface area contributed by atoms with Crippen LogP contribution in [0, 0.1) is 5.92 Å². The minimum atomic E-state index is -0.488. The number of nitrogens with one attached hydrogen (secondary N) is 1. The van der Waals surface area contributed by atoms with Crippen molar-refractivity contribution in [2.45, 2.75) is 18.9 Å². The predicted molar refractivity (Wildman–Crippen MR) is 106 cm³/mol. The van der Waals surface area contributed by atoms with Crippen LogP contribution in [0.25, 0.3) is 0 Å². The van der Waals surface area contributed by atoms with Crippen LogP contribution in [0.2, 0.25) is 0 Å². The number of nitrogens with two attached hydrogens (primary N) is 2. The summed E-state index contributed by atoms with van der Waals surface area (Å²) in [6.07, 6.45) is 0. The highest BCUT2D eigenvalue weighted by Crippen LogP contribution is 2.33. The van der Waals surface area contributed by atoms with E-state index in [9.17, 15) is 9.59 Å². The summed E-state index contributed by atoms with van der Waals surface area (Å²) >= 11 is 0. The lowest BCUT2D eigenvalue weighted by Crippen LogP contribution is -2.41. The molecule has 5 N–H and O–H groups in total. The fourth-order valence-corrected chi connectivity index (χ4v) is 3.67. The van der Waals surface area contributed by atoms with E-state index in [0.717, 1.165) is 13.1 Å². The van der Waals surface area contributed by atoms with Crippen LogP contribution < -0.4 is 16.8 Å². The summed E-state index contributed by atoms with van der Waals surface area (Å²) in [5, 5.41) is 2.91. The molecule has 6 heteroatoms. The molecule has 1 saturated heterocycles. The summed E-state index contributed by atoms with van der Waals surface area (Å²) in [4.78, 5) is 26.0. The monoisotopic (exact) mass is 366 g/mol. The van der Waals surface area contributed by atoms with Gasteiger partial charge in [0.2, 0.25) is 11.8 Å². The molecule has 0 spiro atoms. The van der Waals surface area contributed by atoms with Crippen molar-refractivity contribution in [1.29, 1.82) is 0 Å². The van der Waals surface area contributed by atoms with Crippen molar-refractivity contribution < 1.29 is 9.59 Å². The Kier molecular flexibility index (Phi) is 5.88. The molecule has 0 aliphatic carbocycles. The molecular formula is C21H26N4O2. The van der Waals surface area contributed by atoms with Crippen molar-refractivity contribution in [2.24, 2.45) is 17.4 Å². The summed E-state index contributed by atoms with van der Waals surface area (Å²) in [6.45, 7) is 4.11. The number of benzene rings is 2. The van der Waals surface area contributed by atoms with Gasteiger partial charge in [-0.05, 0) is 49.2 Å². The molecule has 1 aliphatic heterocycles. The van der Waals surface area contributed by atoms with E-state index in [2.05, 4.69) is 22.3 Å². The number of nitrogens with zero attached hydrogens (tertiary/aromatic N) is 1. The number of carbonyl (C=O) groups is 2. The first-order chi connectivity index (χ1) is 13.0. The summed E-state index contributed by atoms with van der Waals surface area (Å²) < 4.78 is 0. The van der Waals surface area contributed by atoms with Crippen LogP contribution in [-0.4, -0.2) is 42.4 Å². The van der Waals surface area contributed by atoms with E-state index in [0.29, 0.717) is 29.6 Å². The maximum atomic E-state index is 12.7. The summed E-state index contributed by atoms with van der Waals surface area (Å²) in [7, 11) is 0. The number of rotatable bonds is 6. The Bertz CT molecular complexity index is 792. The summed E-state index contributed by atoms with van der Waals surface area (Å²) in [5.41, 5.74) is 13.6. The highest BCUT2D eigenvalue weighted by molar-refractivity contribution is 5.96. The van der Waals surface area contributed by atoms with Gasteiger partial charge in [-0.3, -0.25) is 14.5 Å². The number of likely N-dealkylation sites (tertiary alicyclic amines) is 1. The zero-order valence-electron chi connectivity index (χ0n) is 15.5. The van der Waals surface area contributed by atoms with Gasteiger partial charge < -0.3 is 16.8 Å². The van der Waals surface area contributed by atoms with Crippen molar-refractivity contribution in [3.8, 4) is 0 Å². The van der Waals surface area contributed by atoms with E-state index in [1.54, 1.807) is 24.3 Å². The second-order valence-corrected chi connectivity index (χ2v) is 7.07. The zero-order valence-corrected chi connectivity index (χ0v) is 15.5. The highest BCUT2D eigenvalue weighted by Gasteiger charge is 2.36. The van der Waals surface area contributed by atoms with E-state index in [1.165, 1.54) is 5.56 Å². The van der Waals surface area contributed by atoms with Gasteiger partial charge in [-0.15, -0.1) is 0 Å². The molecule has 2 amide bonds. The van der Waals surface area contributed by atoms with Gasteiger partial charge in [0.25, 0.3) is 0 Å². The van der Waals surface area contributed by atoms with Gasteiger partial charge in [-0.2, -0.15) is 0 Å². The first-order valence-corrected chi connectivity index (χ1v) is 9.19. The van der Waals surface area contributed by atoms with Crippen molar-refractivity contribution in [3.63, 3.8) is 0 Å². The van der Waals surface area contributed by atoms with E-state index in [1.807, 2.05) is 25.1 Å². The third-order valence-corrected chi connectivity index (χ3v) is 5.36. The standard InChI is InChI=1S/C21H26N4O2/c1-14(21(27)24-18-9-7-16(8-10-18)20(23)26)25-12-17(11-22)19(13-25)15-5-3-2-4-6-15/h2-10,14,17,19H,11-13,22H2,1H3,(H2,23,26)(H,24,27)/t14?,17-,19+/m1/s1. The lowest BCUT2D eigenvalue weighted by atomic mass is 9.89. The van der Waals surface area contributed by atoms with Crippen LogP contribution in [-0.2, 0) is 4.79 Å². The van der Waals surface area contributed by atoms with E-state index < -0.39 is 5.91 Å². The second-order valence-electron chi connectivity index (χ2n) is 7.07. The van der Waals surface area contributed by atoms with Crippen LogP contribution in [0.5, 0.6) is 0 Å². The molecule has 2 aromatic carbocycles. The normalized spacial score (nSPS) is 21.0. The first-order valence-electron chi connectivity index (χ1n) is 9.19. The van der Waals surface area contributed by atoms with Gasteiger partial charge >= 0.3 is 0 Å². The maximum Gasteiger partial charge on any atom is 0.248 e. The Morgan fingerprint density at radius 2 is 1.78 bits per heavy atom. The van der Waals surface area contributed by atoms with Gasteiger partial charge in [-0.1, -0.05) is 30.3 Å². The van der Waals surface area contributed by atoms with Gasteiger partial charge in [0.15, 0.2) is 0 Å². The third-order valence-electron chi connectivity index (χ3n) is 5.36. The number of anilines is 1. The molecule has 0 saturated carbocycles. The van der Waals surface area contributed by atoms with Crippen LogP contribution in [0.1, 0.15) is 28.8 Å². The SMILES string of the molecule is CC(C(=O)Nc1ccc(C(N)=O)cc1)N1C[C@@H](CN)[C@H](c2ccccc2)C1. The Morgan fingerprint density at radius 3 is 2.37 bits per heavy atom. The van der Waals surface area contributed by atoms with Gasteiger partial charge in [0.1, 0.15) is 0 Å². The van der Waals surface area contributed by atoms with Crippen molar-refractivity contribution in [2.75, 3.05) is 25.0 Å². The molecule has 1 fully saturated rings. The van der Waals surface area contributed by atoms with Crippen LogP contribution in [0.15, 0.2) is 54.6 Å². The third kappa shape index (κ3) is 4.35. The fourth-order valence-electron chi connectivity index (χ4n) is 3.67. The number of hydrogen-bond donors (Lipinski definition) is 3. The molecule has 142 valence electrons. The number of amides is 2. The maximum absolute atomic E-state index is 12.7. The van der Waals surface area contributed by atoms with Gasteiger partial charge in [0.05, 0.1) is 6.04 Å². The number of primary amides is 1. The average molecular weight is 366 g/mol. The Labute approximate surface area is 159 Å². The largest absolute Gasteiger partial charge is 0.366 e. The lowest BCUT2D eigenvalue weighted by molar-refractivity contribution is -0.120. The smallest absolute Gasteiger partial charge is 0.248 e. The molecule has 6 nitrogen and oxygen atoms in total. The first kappa shape index (κ1) is 19.1. The van der Waals surface area contributed by atoms with E-state index in [-0.39, 0.29) is 11.9 Å². The Hall–Kier alpha value is -2.70. The Balaban J connectivity index is 1.65. The molecular weight excluding hydrogens is 340 g/mol. The molecule has 0 aromatic heterocycles. The van der Waals surface area contributed by atoms with Gasteiger partial charge in [0, 0.05) is 30.3 Å². The molecule has 2 aromatic rings. The topological polar surface area (TPSA) is 101 Å². The summed E-state index contributed by atoms with van der Waals surface area (Å²) in [5.74, 6) is 0.100. The molecule has 1 heterocycles. The van der Waals surface area contributed by atoms with Crippen LogP contribution >= 0.6 is 0 Å². The van der Waals surface area contributed by atoms with Gasteiger partial charge in [-0.25, -0.2) is 0 Å². The Morgan fingerprint density at radius 1 is 1.11 bits per heavy atom. The van der Waals surface area contributed by atoms with Crippen molar-refractivity contribution in [1.82, 2.24) is 4.90 Å². The zero-order chi connectivity index (χ0) is 19.4. The van der Waals surface area contributed by atoms with Crippen LogP contribution in [0.4, 0.5) is 5.69 Å². The minimum Gasteiger partial charge on any atom is -0.366 e. The quantitative estimate of drug-likeness (QED) is 0.725. The molecule has 0 radical (unpaired) electrons. The summed E-state index contributed by atoms with van der Waals surface area (Å²) in [6, 6.07) is 16.6. The number of carbonyl (C=O) groups excluding carboxylic acids is 2. The van der Waals surface area contributed by atoms with E-state index >= 15 is 0 Å². The molecule has 3 atom stereocenters. The second kappa shape index (κ2) is 8.33. The van der Waals surface area contributed by atoms with E-state index in [4.69, 9.17) is 11.5 Å². The van der Waals surface area contributed by atoms with Crippen molar-refractivity contribution in [3.05, 3.63) is 65.7 Å². The van der Waals surface area contributed by atoms with Crippen LogP contribution in [0.3, 0.4) is 0 Å². The van der Waals surface area contributed by atoms with Crippen molar-refractivity contribution >= 4 is 17.5 Å². The molecule has 0 bridgehead atoms. The minimum absolute atomic E-state index is 0.0775. The molecule has 1 unspecified atom stereocenters. The lowest BCUT2D eigenvalue weighted by Gasteiger charge is -2.23. The average Bonchev–Trinajstić information content (AvgIpc) is 3.13. The molecule has 3 rings (SSSR count). The highest BCUT2D eigenvalue weighted by atomic mass is 16.2. The fraction of sp³-hybridized carbons (Fsp3) is 0.333. The predicted octanol–water partition coefficient (Wildman–Crippen LogP) is 1.79. The molecule has 1 aliphatic rings.